The Balaban J connectivity index is 1.73. The predicted molar refractivity (Wildman–Crippen MR) is 96.2 cm³/mol. The van der Waals surface area contributed by atoms with Crippen LogP contribution < -0.4 is 4.74 Å². The number of carbonyl (C=O) groups is 1. The topological polar surface area (TPSA) is 29.5 Å². The van der Waals surface area contributed by atoms with Gasteiger partial charge in [-0.25, -0.2) is 0 Å². The highest BCUT2D eigenvalue weighted by atomic mass is 16.5. The van der Waals surface area contributed by atoms with Crippen LogP contribution in [0.5, 0.6) is 5.75 Å². The van der Waals surface area contributed by atoms with Crippen molar-refractivity contribution in [3.8, 4) is 5.75 Å². The van der Waals surface area contributed by atoms with E-state index in [4.69, 9.17) is 4.74 Å². The summed E-state index contributed by atoms with van der Waals surface area (Å²) in [6.45, 7) is 7.54. The van der Waals surface area contributed by atoms with Gasteiger partial charge in [0, 0.05) is 13.1 Å². The van der Waals surface area contributed by atoms with Crippen LogP contribution in [0.4, 0.5) is 0 Å². The normalized spacial score (nSPS) is 14.9. The van der Waals surface area contributed by atoms with E-state index in [0.29, 0.717) is 13.0 Å². The fourth-order valence-corrected chi connectivity index (χ4v) is 3.28. The smallest absolute Gasteiger partial charge is 0.263 e. The molecule has 1 atom stereocenters. The molecular formula is C21H25NO2. The van der Waals surface area contributed by atoms with Crippen LogP contribution in [-0.2, 0) is 17.8 Å². The second-order valence-corrected chi connectivity index (χ2v) is 6.56. The average Bonchev–Trinajstić information content (AvgIpc) is 2.60. The first kappa shape index (κ1) is 16.6. The Morgan fingerprint density at radius 1 is 1.17 bits per heavy atom. The third-order valence-electron chi connectivity index (χ3n) is 4.69. The van der Waals surface area contributed by atoms with Crippen molar-refractivity contribution < 1.29 is 9.53 Å². The maximum Gasteiger partial charge on any atom is 0.263 e. The largest absolute Gasteiger partial charge is 0.480 e. The number of carbonyl (C=O) groups excluding carboxylic acids is 1. The highest BCUT2D eigenvalue weighted by molar-refractivity contribution is 5.81. The van der Waals surface area contributed by atoms with Gasteiger partial charge in [0.25, 0.3) is 5.91 Å². The van der Waals surface area contributed by atoms with Gasteiger partial charge in [-0.05, 0) is 49.4 Å². The molecule has 126 valence electrons. The lowest BCUT2D eigenvalue weighted by Crippen LogP contribution is -2.44. The van der Waals surface area contributed by atoms with Crippen LogP contribution in [-0.4, -0.2) is 23.5 Å². The van der Waals surface area contributed by atoms with E-state index >= 15 is 0 Å². The summed E-state index contributed by atoms with van der Waals surface area (Å²) in [5.74, 6) is 0.894. The van der Waals surface area contributed by atoms with E-state index in [1.54, 1.807) is 0 Å². The average molecular weight is 323 g/mol. The Morgan fingerprint density at radius 3 is 2.62 bits per heavy atom. The number of hydrogen-bond acceptors (Lipinski definition) is 2. The lowest BCUT2D eigenvalue weighted by molar-refractivity contribution is -0.139. The zero-order valence-corrected chi connectivity index (χ0v) is 14.7. The maximum atomic E-state index is 12.9. The van der Waals surface area contributed by atoms with Crippen LogP contribution in [0.1, 0.15) is 35.6 Å². The number of ether oxygens (including phenoxy) is 1. The third kappa shape index (κ3) is 3.45. The second-order valence-electron chi connectivity index (χ2n) is 6.56. The molecule has 2 aromatic rings. The second kappa shape index (κ2) is 7.08. The van der Waals surface area contributed by atoms with E-state index in [-0.39, 0.29) is 5.91 Å². The number of nitrogens with zero attached hydrogens (tertiary/aromatic N) is 1. The molecule has 0 spiro atoms. The molecule has 2 aromatic carbocycles. The Bertz CT molecular complexity index is 738. The summed E-state index contributed by atoms with van der Waals surface area (Å²) in [7, 11) is 0. The number of aryl methyl sites for hydroxylation is 2. The van der Waals surface area contributed by atoms with Gasteiger partial charge in [0.05, 0.1) is 0 Å². The lowest BCUT2D eigenvalue weighted by Gasteiger charge is -2.31. The summed E-state index contributed by atoms with van der Waals surface area (Å²) in [6.07, 6.45) is 1.17. The maximum absolute atomic E-state index is 12.9. The number of benzene rings is 2. The van der Waals surface area contributed by atoms with E-state index in [9.17, 15) is 4.79 Å². The third-order valence-corrected chi connectivity index (χ3v) is 4.69. The number of hydrogen-bond donors (Lipinski definition) is 0. The molecule has 3 heteroatoms. The van der Waals surface area contributed by atoms with Gasteiger partial charge in [-0.2, -0.15) is 0 Å². The minimum Gasteiger partial charge on any atom is -0.480 e. The standard InChI is InChI=1S/C21H25NO2/c1-4-19(24-20-10-9-15(2)13-16(20)3)21(23)22-12-11-17-7-5-6-8-18(17)14-22/h5-10,13,19H,4,11-12,14H2,1-3H3/t19-/m1/s1. The lowest BCUT2D eigenvalue weighted by atomic mass is 9.99. The van der Waals surface area contributed by atoms with Crippen molar-refractivity contribution >= 4 is 5.91 Å². The first-order chi connectivity index (χ1) is 11.6. The SMILES string of the molecule is CC[C@@H](Oc1ccc(C)cc1C)C(=O)N1CCc2ccccc2C1. The predicted octanol–water partition coefficient (Wildman–Crippen LogP) is 4.05. The molecule has 0 saturated heterocycles. The molecule has 1 heterocycles. The molecule has 0 saturated carbocycles. The van der Waals surface area contributed by atoms with Crippen molar-refractivity contribution in [3.63, 3.8) is 0 Å². The minimum atomic E-state index is -0.420. The molecule has 0 unspecified atom stereocenters. The quantitative estimate of drug-likeness (QED) is 0.849. The Morgan fingerprint density at radius 2 is 1.92 bits per heavy atom. The fourth-order valence-electron chi connectivity index (χ4n) is 3.28. The van der Waals surface area contributed by atoms with E-state index in [1.165, 1.54) is 16.7 Å². The Kier molecular flexibility index (Phi) is 4.89. The van der Waals surface area contributed by atoms with Crippen molar-refractivity contribution in [1.82, 2.24) is 4.90 Å². The van der Waals surface area contributed by atoms with E-state index in [2.05, 4.69) is 31.2 Å². The van der Waals surface area contributed by atoms with E-state index in [0.717, 1.165) is 24.3 Å². The van der Waals surface area contributed by atoms with Gasteiger partial charge in [0.15, 0.2) is 6.10 Å². The van der Waals surface area contributed by atoms with Crippen LogP contribution >= 0.6 is 0 Å². The van der Waals surface area contributed by atoms with Crippen LogP contribution in [0.2, 0.25) is 0 Å². The van der Waals surface area contributed by atoms with Crippen LogP contribution in [0, 0.1) is 13.8 Å². The summed E-state index contributed by atoms with van der Waals surface area (Å²) in [5.41, 5.74) is 4.88. The van der Waals surface area contributed by atoms with Crippen LogP contribution in [0.25, 0.3) is 0 Å². The molecule has 24 heavy (non-hydrogen) atoms. The van der Waals surface area contributed by atoms with Gasteiger partial charge >= 0.3 is 0 Å². The molecule has 3 nitrogen and oxygen atoms in total. The van der Waals surface area contributed by atoms with E-state index in [1.807, 2.05) is 36.9 Å². The number of rotatable bonds is 4. The highest BCUT2D eigenvalue weighted by Gasteiger charge is 2.27. The molecule has 1 amide bonds. The zero-order chi connectivity index (χ0) is 17.1. The summed E-state index contributed by atoms with van der Waals surface area (Å²) >= 11 is 0. The van der Waals surface area contributed by atoms with Gasteiger partial charge in [0.1, 0.15) is 5.75 Å². The fraction of sp³-hybridized carbons (Fsp3) is 0.381. The van der Waals surface area contributed by atoms with Gasteiger partial charge in [-0.1, -0.05) is 48.9 Å². The Hall–Kier alpha value is -2.29. The van der Waals surface area contributed by atoms with Crippen LogP contribution in [0.15, 0.2) is 42.5 Å². The molecule has 0 fully saturated rings. The van der Waals surface area contributed by atoms with Gasteiger partial charge in [-0.3, -0.25) is 4.79 Å². The van der Waals surface area contributed by atoms with Crippen molar-refractivity contribution in [2.75, 3.05) is 6.54 Å². The zero-order valence-electron chi connectivity index (χ0n) is 14.7. The number of amides is 1. The van der Waals surface area contributed by atoms with Crippen LogP contribution in [0.3, 0.4) is 0 Å². The summed E-state index contributed by atoms with van der Waals surface area (Å²) in [4.78, 5) is 14.9. The van der Waals surface area contributed by atoms with Gasteiger partial charge in [-0.15, -0.1) is 0 Å². The van der Waals surface area contributed by atoms with Crippen molar-refractivity contribution in [3.05, 3.63) is 64.7 Å². The molecule has 0 aromatic heterocycles. The molecular weight excluding hydrogens is 298 g/mol. The summed E-state index contributed by atoms with van der Waals surface area (Å²) in [5, 5.41) is 0. The first-order valence-corrected chi connectivity index (χ1v) is 8.68. The first-order valence-electron chi connectivity index (χ1n) is 8.68. The molecule has 1 aliphatic rings. The molecule has 0 aliphatic carbocycles. The molecule has 3 rings (SSSR count). The van der Waals surface area contributed by atoms with E-state index < -0.39 is 6.10 Å². The molecule has 0 bridgehead atoms. The van der Waals surface area contributed by atoms with Gasteiger partial charge < -0.3 is 9.64 Å². The van der Waals surface area contributed by atoms with Crippen molar-refractivity contribution in [1.29, 1.82) is 0 Å². The summed E-state index contributed by atoms with van der Waals surface area (Å²) < 4.78 is 6.06. The summed E-state index contributed by atoms with van der Waals surface area (Å²) in [6, 6.07) is 14.4. The number of fused-ring (bicyclic) bond motifs is 1. The molecule has 1 aliphatic heterocycles. The van der Waals surface area contributed by atoms with Crippen molar-refractivity contribution in [2.24, 2.45) is 0 Å². The monoisotopic (exact) mass is 323 g/mol. The Labute approximate surface area is 144 Å². The highest BCUT2D eigenvalue weighted by Crippen LogP contribution is 2.24. The molecule has 0 N–H and O–H groups in total. The molecule has 0 radical (unpaired) electrons. The minimum absolute atomic E-state index is 0.0898. The van der Waals surface area contributed by atoms with Crippen molar-refractivity contribution in [2.45, 2.75) is 46.3 Å². The van der Waals surface area contributed by atoms with Gasteiger partial charge in [0.2, 0.25) is 0 Å².